The molecule has 1 aromatic rings. The Morgan fingerprint density at radius 1 is 1.53 bits per heavy atom. The monoisotopic (exact) mass is 213 g/mol. The number of rotatable bonds is 6. The number of aromatic nitrogens is 2. The van der Waals surface area contributed by atoms with Gasteiger partial charge >= 0.3 is 5.97 Å². The molecule has 0 aliphatic heterocycles. The van der Waals surface area contributed by atoms with Crippen molar-refractivity contribution < 1.29 is 19.4 Å². The van der Waals surface area contributed by atoms with Crippen LogP contribution < -0.4 is 5.32 Å². The number of hydrogen-bond acceptors (Lipinski definition) is 4. The van der Waals surface area contributed by atoms with Crippen LogP contribution in [0.15, 0.2) is 12.5 Å². The van der Waals surface area contributed by atoms with Crippen LogP contribution in [0.4, 0.5) is 0 Å². The Labute approximate surface area is 85.5 Å². The second kappa shape index (κ2) is 5.76. The third kappa shape index (κ3) is 4.77. The molecule has 0 aliphatic carbocycles. The van der Waals surface area contributed by atoms with Crippen LogP contribution in [-0.2, 0) is 20.9 Å². The van der Waals surface area contributed by atoms with Crippen molar-refractivity contribution in [2.45, 2.75) is 6.54 Å². The summed E-state index contributed by atoms with van der Waals surface area (Å²) in [7, 11) is 0. The van der Waals surface area contributed by atoms with Crippen molar-refractivity contribution in [3.05, 3.63) is 18.2 Å². The van der Waals surface area contributed by atoms with Crippen molar-refractivity contribution in [2.24, 2.45) is 0 Å². The molecule has 0 saturated carbocycles. The van der Waals surface area contributed by atoms with E-state index in [9.17, 15) is 9.59 Å². The average Bonchev–Trinajstić information content (AvgIpc) is 2.66. The molecule has 0 aliphatic rings. The molecule has 15 heavy (non-hydrogen) atoms. The normalized spacial score (nSPS) is 9.87. The number of ether oxygens (including phenoxy) is 1. The number of nitrogens with zero attached hydrogens (tertiary/aromatic N) is 1. The highest BCUT2D eigenvalue weighted by Gasteiger charge is 2.03. The first-order valence-corrected chi connectivity index (χ1v) is 4.22. The van der Waals surface area contributed by atoms with Gasteiger partial charge in [0.2, 0.25) is 5.91 Å². The molecule has 0 unspecified atom stereocenters. The summed E-state index contributed by atoms with van der Waals surface area (Å²) in [5.74, 6) is -1.47. The number of aliphatic carboxylic acids is 1. The lowest BCUT2D eigenvalue weighted by atomic mass is 10.4. The van der Waals surface area contributed by atoms with Gasteiger partial charge in [-0.25, -0.2) is 9.78 Å². The number of carboxylic acid groups (broad SMARTS) is 1. The van der Waals surface area contributed by atoms with E-state index in [1.807, 2.05) is 0 Å². The molecule has 0 fully saturated rings. The molecular formula is C8H11N3O4. The van der Waals surface area contributed by atoms with E-state index in [0.717, 1.165) is 5.69 Å². The standard InChI is InChI=1S/C8H11N3O4/c12-7(3-15-4-8(13)14)10-2-6-1-9-5-11-6/h1,5H,2-4H2,(H,9,11)(H,10,12)(H,13,14). The molecule has 0 bridgehead atoms. The van der Waals surface area contributed by atoms with Crippen LogP contribution in [0, 0.1) is 0 Å². The van der Waals surface area contributed by atoms with Crippen LogP contribution in [0.2, 0.25) is 0 Å². The van der Waals surface area contributed by atoms with Crippen molar-refractivity contribution in [1.29, 1.82) is 0 Å². The van der Waals surface area contributed by atoms with E-state index in [4.69, 9.17) is 5.11 Å². The Balaban J connectivity index is 2.11. The summed E-state index contributed by atoms with van der Waals surface area (Å²) in [6.45, 7) is -0.423. The number of H-pyrrole nitrogens is 1. The maximum atomic E-state index is 11.1. The zero-order valence-electron chi connectivity index (χ0n) is 7.90. The number of nitrogens with one attached hydrogen (secondary N) is 2. The van der Waals surface area contributed by atoms with Crippen LogP contribution >= 0.6 is 0 Å². The summed E-state index contributed by atoms with van der Waals surface area (Å²) in [6, 6.07) is 0. The van der Waals surface area contributed by atoms with Gasteiger partial charge in [0.1, 0.15) is 13.2 Å². The topological polar surface area (TPSA) is 104 Å². The summed E-state index contributed by atoms with van der Waals surface area (Å²) >= 11 is 0. The van der Waals surface area contributed by atoms with Gasteiger partial charge in [-0.3, -0.25) is 4.79 Å². The Hall–Kier alpha value is -1.89. The van der Waals surface area contributed by atoms with Gasteiger partial charge in [-0.15, -0.1) is 0 Å². The SMILES string of the molecule is O=C(O)COCC(=O)NCc1cnc[nH]1. The van der Waals surface area contributed by atoms with Gasteiger partial charge in [-0.1, -0.05) is 0 Å². The van der Waals surface area contributed by atoms with Crippen molar-refractivity contribution in [1.82, 2.24) is 15.3 Å². The molecule has 0 atom stereocenters. The highest BCUT2D eigenvalue weighted by molar-refractivity contribution is 5.77. The molecule has 3 N–H and O–H groups in total. The molecule has 1 amide bonds. The van der Waals surface area contributed by atoms with Crippen molar-refractivity contribution in [2.75, 3.05) is 13.2 Å². The number of imidazole rings is 1. The molecule has 7 heteroatoms. The summed E-state index contributed by atoms with van der Waals surface area (Å²) in [4.78, 5) is 27.7. The minimum absolute atomic E-state index is 0.263. The molecule has 0 radical (unpaired) electrons. The largest absolute Gasteiger partial charge is 0.480 e. The predicted molar refractivity (Wildman–Crippen MR) is 48.9 cm³/mol. The van der Waals surface area contributed by atoms with Crippen LogP contribution in [0.3, 0.4) is 0 Å². The van der Waals surface area contributed by atoms with Gasteiger partial charge in [-0.05, 0) is 0 Å². The van der Waals surface area contributed by atoms with E-state index in [2.05, 4.69) is 20.0 Å². The summed E-state index contributed by atoms with van der Waals surface area (Å²) < 4.78 is 4.59. The van der Waals surface area contributed by atoms with Crippen molar-refractivity contribution in [3.8, 4) is 0 Å². The maximum Gasteiger partial charge on any atom is 0.329 e. The van der Waals surface area contributed by atoms with Crippen molar-refractivity contribution >= 4 is 11.9 Å². The Kier molecular flexibility index (Phi) is 4.30. The predicted octanol–water partition coefficient (Wildman–Crippen LogP) is -0.873. The van der Waals surface area contributed by atoms with Crippen LogP contribution in [0.5, 0.6) is 0 Å². The minimum atomic E-state index is -1.10. The number of hydrogen-bond donors (Lipinski definition) is 3. The minimum Gasteiger partial charge on any atom is -0.480 e. The summed E-state index contributed by atoms with van der Waals surface area (Å²) in [5.41, 5.74) is 0.765. The van der Waals surface area contributed by atoms with E-state index in [1.54, 1.807) is 6.20 Å². The lowest BCUT2D eigenvalue weighted by molar-refractivity contribution is -0.143. The molecule has 0 spiro atoms. The average molecular weight is 213 g/mol. The molecule has 1 heterocycles. The quantitative estimate of drug-likeness (QED) is 0.569. The molecule has 0 aromatic carbocycles. The fraction of sp³-hybridized carbons (Fsp3) is 0.375. The Morgan fingerprint density at radius 3 is 2.93 bits per heavy atom. The Bertz CT molecular complexity index is 323. The third-order valence-electron chi connectivity index (χ3n) is 1.49. The van der Waals surface area contributed by atoms with E-state index in [0.29, 0.717) is 6.54 Å². The first-order chi connectivity index (χ1) is 7.18. The van der Waals surface area contributed by atoms with Crippen LogP contribution in [0.25, 0.3) is 0 Å². The van der Waals surface area contributed by atoms with E-state index >= 15 is 0 Å². The summed E-state index contributed by atoms with van der Waals surface area (Å²) in [5, 5.41) is 10.8. The number of carbonyl (C=O) groups is 2. The van der Waals surface area contributed by atoms with Crippen molar-refractivity contribution in [3.63, 3.8) is 0 Å². The first-order valence-electron chi connectivity index (χ1n) is 4.22. The number of amides is 1. The fourth-order valence-corrected chi connectivity index (χ4v) is 0.857. The molecular weight excluding hydrogens is 202 g/mol. The van der Waals surface area contributed by atoms with Crippen LogP contribution in [0.1, 0.15) is 5.69 Å². The summed E-state index contributed by atoms with van der Waals surface area (Å²) in [6.07, 6.45) is 3.08. The lowest BCUT2D eigenvalue weighted by Crippen LogP contribution is -2.28. The van der Waals surface area contributed by atoms with E-state index in [-0.39, 0.29) is 12.5 Å². The second-order valence-corrected chi connectivity index (χ2v) is 2.74. The molecule has 1 aromatic heterocycles. The van der Waals surface area contributed by atoms with Crippen LogP contribution in [-0.4, -0.2) is 40.2 Å². The van der Waals surface area contributed by atoms with E-state index in [1.165, 1.54) is 6.33 Å². The maximum absolute atomic E-state index is 11.1. The smallest absolute Gasteiger partial charge is 0.329 e. The molecule has 1 rings (SSSR count). The molecule has 0 saturated heterocycles. The van der Waals surface area contributed by atoms with Gasteiger partial charge < -0.3 is 20.1 Å². The second-order valence-electron chi connectivity index (χ2n) is 2.74. The fourth-order valence-electron chi connectivity index (χ4n) is 0.857. The molecule has 82 valence electrons. The van der Waals surface area contributed by atoms with Gasteiger partial charge in [0.15, 0.2) is 0 Å². The number of carbonyl (C=O) groups excluding carboxylic acids is 1. The molecule has 7 nitrogen and oxygen atoms in total. The van der Waals surface area contributed by atoms with Gasteiger partial charge in [0, 0.05) is 6.20 Å². The number of carboxylic acids is 1. The highest BCUT2D eigenvalue weighted by Crippen LogP contribution is 1.88. The van der Waals surface area contributed by atoms with Gasteiger partial charge in [-0.2, -0.15) is 0 Å². The zero-order chi connectivity index (χ0) is 11.1. The Morgan fingerprint density at radius 2 is 2.33 bits per heavy atom. The third-order valence-corrected chi connectivity index (χ3v) is 1.49. The zero-order valence-corrected chi connectivity index (χ0v) is 7.90. The van der Waals surface area contributed by atoms with Gasteiger partial charge in [0.25, 0.3) is 0 Å². The highest BCUT2D eigenvalue weighted by atomic mass is 16.5. The number of aromatic amines is 1. The van der Waals surface area contributed by atoms with Gasteiger partial charge in [0.05, 0.1) is 18.6 Å². The lowest BCUT2D eigenvalue weighted by Gasteiger charge is -2.03. The first kappa shape index (κ1) is 11.2. The van der Waals surface area contributed by atoms with E-state index < -0.39 is 12.6 Å².